The number of rotatable bonds is 4. The number of carbonyl (C=O) groups is 1. The molecule has 1 aromatic heterocycles. The van der Waals surface area contributed by atoms with Crippen LogP contribution in [0.25, 0.3) is 17.0 Å². The second-order valence-corrected chi connectivity index (χ2v) is 5.86. The van der Waals surface area contributed by atoms with Gasteiger partial charge in [-0.1, -0.05) is 53.6 Å². The Kier molecular flexibility index (Phi) is 4.71. The van der Waals surface area contributed by atoms with Crippen molar-refractivity contribution in [2.24, 2.45) is 0 Å². The first kappa shape index (κ1) is 15.9. The van der Waals surface area contributed by atoms with E-state index in [9.17, 15) is 4.79 Å². The van der Waals surface area contributed by atoms with Crippen LogP contribution in [0.15, 0.2) is 60.8 Å². The van der Waals surface area contributed by atoms with Gasteiger partial charge < -0.3 is 4.74 Å². The minimum atomic E-state index is -0.359. The Morgan fingerprint density at radius 1 is 1.08 bits per heavy atom. The molecule has 3 rings (SSSR count). The first-order valence-electron chi connectivity index (χ1n) is 7.87. The van der Waals surface area contributed by atoms with E-state index in [4.69, 9.17) is 4.74 Å². The van der Waals surface area contributed by atoms with Gasteiger partial charge >= 0.3 is 5.97 Å². The molecule has 0 N–H and O–H groups in total. The Labute approximate surface area is 141 Å². The average Bonchev–Trinajstić information content (AvgIpc) is 2.57. The molecule has 3 nitrogen and oxygen atoms in total. The van der Waals surface area contributed by atoms with E-state index in [2.05, 4.69) is 11.1 Å². The third kappa shape index (κ3) is 3.87. The topological polar surface area (TPSA) is 39.2 Å². The molecule has 120 valence electrons. The van der Waals surface area contributed by atoms with Crippen LogP contribution in [0.2, 0.25) is 0 Å². The molecule has 0 bridgehead atoms. The van der Waals surface area contributed by atoms with Crippen LogP contribution in [0.4, 0.5) is 0 Å². The number of pyridine rings is 1. The van der Waals surface area contributed by atoms with Crippen LogP contribution in [-0.4, -0.2) is 11.0 Å². The monoisotopic (exact) mass is 317 g/mol. The van der Waals surface area contributed by atoms with Gasteiger partial charge in [0.1, 0.15) is 6.61 Å². The van der Waals surface area contributed by atoms with Crippen LogP contribution < -0.4 is 0 Å². The van der Waals surface area contributed by atoms with Gasteiger partial charge in [-0.15, -0.1) is 0 Å². The molecular weight excluding hydrogens is 298 g/mol. The number of benzene rings is 2. The lowest BCUT2D eigenvalue weighted by Gasteiger charge is -2.05. The van der Waals surface area contributed by atoms with Crippen molar-refractivity contribution >= 4 is 22.9 Å². The molecule has 24 heavy (non-hydrogen) atoms. The zero-order valence-electron chi connectivity index (χ0n) is 13.8. The smallest absolute Gasteiger partial charge is 0.331 e. The summed E-state index contributed by atoms with van der Waals surface area (Å²) in [6.07, 6.45) is 4.95. The molecule has 0 fully saturated rings. The van der Waals surface area contributed by atoms with Crippen LogP contribution in [-0.2, 0) is 16.1 Å². The highest BCUT2D eigenvalue weighted by Gasteiger charge is 2.02. The minimum Gasteiger partial charge on any atom is -0.458 e. The Balaban J connectivity index is 1.69. The number of hydrogen-bond acceptors (Lipinski definition) is 3. The molecule has 0 aliphatic carbocycles. The van der Waals surface area contributed by atoms with E-state index in [0.717, 1.165) is 22.0 Å². The highest BCUT2D eigenvalue weighted by atomic mass is 16.5. The normalized spacial score (nSPS) is 11.1. The second kappa shape index (κ2) is 7.09. The van der Waals surface area contributed by atoms with Crippen LogP contribution in [0.3, 0.4) is 0 Å². The van der Waals surface area contributed by atoms with E-state index in [-0.39, 0.29) is 12.6 Å². The van der Waals surface area contributed by atoms with Crippen LogP contribution >= 0.6 is 0 Å². The van der Waals surface area contributed by atoms with Gasteiger partial charge in [0, 0.05) is 23.2 Å². The van der Waals surface area contributed by atoms with Crippen LogP contribution in [0.5, 0.6) is 0 Å². The van der Waals surface area contributed by atoms with Gasteiger partial charge in [0.15, 0.2) is 0 Å². The second-order valence-electron chi connectivity index (χ2n) is 5.86. The molecule has 0 spiro atoms. The maximum atomic E-state index is 12.0. The quantitative estimate of drug-likeness (QED) is 0.521. The summed E-state index contributed by atoms with van der Waals surface area (Å²) in [4.78, 5) is 16.3. The third-order valence-corrected chi connectivity index (χ3v) is 3.73. The number of esters is 1. The van der Waals surface area contributed by atoms with E-state index in [0.29, 0.717) is 0 Å². The van der Waals surface area contributed by atoms with E-state index in [1.54, 1.807) is 12.3 Å². The van der Waals surface area contributed by atoms with Gasteiger partial charge in [0.25, 0.3) is 0 Å². The molecule has 0 unspecified atom stereocenters. The van der Waals surface area contributed by atoms with Gasteiger partial charge in [-0.3, -0.25) is 4.98 Å². The Morgan fingerprint density at radius 2 is 1.83 bits per heavy atom. The van der Waals surface area contributed by atoms with Crippen LogP contribution in [0.1, 0.15) is 22.3 Å². The van der Waals surface area contributed by atoms with Gasteiger partial charge in [-0.05, 0) is 31.6 Å². The predicted molar refractivity (Wildman–Crippen MR) is 96.5 cm³/mol. The number of fused-ring (bicyclic) bond motifs is 1. The summed E-state index contributed by atoms with van der Waals surface area (Å²) in [5.74, 6) is -0.359. The van der Waals surface area contributed by atoms with Crippen molar-refractivity contribution in [2.45, 2.75) is 20.5 Å². The van der Waals surface area contributed by atoms with Crippen molar-refractivity contribution in [3.63, 3.8) is 0 Å². The SMILES string of the molecule is Cc1cc(C)cc(COC(=O)/C=C/c2cccc3cccnc23)c1. The molecule has 2 aromatic carbocycles. The number of para-hydroxylation sites is 1. The van der Waals surface area contributed by atoms with E-state index in [1.165, 1.54) is 17.2 Å². The lowest BCUT2D eigenvalue weighted by Crippen LogP contribution is -2.01. The van der Waals surface area contributed by atoms with Crippen molar-refractivity contribution in [3.8, 4) is 0 Å². The fourth-order valence-corrected chi connectivity index (χ4v) is 2.78. The Morgan fingerprint density at radius 3 is 2.62 bits per heavy atom. The van der Waals surface area contributed by atoms with E-state index < -0.39 is 0 Å². The third-order valence-electron chi connectivity index (χ3n) is 3.73. The van der Waals surface area contributed by atoms with E-state index in [1.807, 2.05) is 56.3 Å². The summed E-state index contributed by atoms with van der Waals surface area (Å²) in [7, 11) is 0. The fraction of sp³-hybridized carbons (Fsp3) is 0.143. The molecule has 3 aromatic rings. The molecular formula is C21H19NO2. The number of ether oxygens (including phenoxy) is 1. The summed E-state index contributed by atoms with van der Waals surface area (Å²) in [5.41, 5.74) is 5.10. The predicted octanol–water partition coefficient (Wildman–Crippen LogP) is 4.61. The average molecular weight is 317 g/mol. The molecule has 1 heterocycles. The fourth-order valence-electron chi connectivity index (χ4n) is 2.78. The molecule has 0 saturated heterocycles. The molecule has 3 heteroatoms. The number of carbonyl (C=O) groups excluding carboxylic acids is 1. The molecule has 0 amide bonds. The lowest BCUT2D eigenvalue weighted by atomic mass is 10.1. The van der Waals surface area contributed by atoms with Gasteiger partial charge in [0.2, 0.25) is 0 Å². The highest BCUT2D eigenvalue weighted by molar-refractivity contribution is 5.92. The number of aryl methyl sites for hydroxylation is 2. The Hall–Kier alpha value is -2.94. The molecule has 0 radical (unpaired) electrons. The van der Waals surface area contributed by atoms with Crippen molar-refractivity contribution in [2.75, 3.05) is 0 Å². The van der Waals surface area contributed by atoms with Crippen molar-refractivity contribution in [3.05, 3.63) is 83.1 Å². The van der Waals surface area contributed by atoms with Gasteiger partial charge in [-0.2, -0.15) is 0 Å². The summed E-state index contributed by atoms with van der Waals surface area (Å²) in [6, 6.07) is 15.9. The number of hydrogen-bond donors (Lipinski definition) is 0. The maximum absolute atomic E-state index is 12.0. The van der Waals surface area contributed by atoms with Crippen molar-refractivity contribution < 1.29 is 9.53 Å². The van der Waals surface area contributed by atoms with E-state index >= 15 is 0 Å². The number of aromatic nitrogens is 1. The summed E-state index contributed by atoms with van der Waals surface area (Å²) < 4.78 is 5.33. The molecule has 0 aliphatic heterocycles. The first-order chi connectivity index (χ1) is 11.6. The Bertz CT molecular complexity index is 887. The summed E-state index contributed by atoms with van der Waals surface area (Å²) in [6.45, 7) is 4.34. The highest BCUT2D eigenvalue weighted by Crippen LogP contribution is 2.17. The minimum absolute atomic E-state index is 0.277. The van der Waals surface area contributed by atoms with Gasteiger partial charge in [-0.25, -0.2) is 4.79 Å². The molecule has 0 aliphatic rings. The van der Waals surface area contributed by atoms with Crippen molar-refractivity contribution in [1.29, 1.82) is 0 Å². The molecule has 0 atom stereocenters. The first-order valence-corrected chi connectivity index (χ1v) is 7.87. The number of nitrogens with zero attached hydrogens (tertiary/aromatic N) is 1. The zero-order chi connectivity index (χ0) is 16.9. The zero-order valence-corrected chi connectivity index (χ0v) is 13.8. The van der Waals surface area contributed by atoms with Crippen molar-refractivity contribution in [1.82, 2.24) is 4.98 Å². The lowest BCUT2D eigenvalue weighted by molar-refractivity contribution is -0.138. The van der Waals surface area contributed by atoms with Crippen LogP contribution in [0, 0.1) is 13.8 Å². The maximum Gasteiger partial charge on any atom is 0.331 e. The molecule has 0 saturated carbocycles. The summed E-state index contributed by atoms with van der Waals surface area (Å²) in [5, 5.41) is 1.04. The summed E-state index contributed by atoms with van der Waals surface area (Å²) >= 11 is 0. The largest absolute Gasteiger partial charge is 0.458 e. The van der Waals surface area contributed by atoms with Gasteiger partial charge in [0.05, 0.1) is 5.52 Å². The standard InChI is InChI=1S/C21H19NO2/c1-15-11-16(2)13-17(12-15)14-24-20(23)9-8-19-6-3-5-18-7-4-10-22-21(18)19/h3-13H,14H2,1-2H3/b9-8+.